The summed E-state index contributed by atoms with van der Waals surface area (Å²) in [6, 6.07) is 0. The van der Waals surface area contributed by atoms with Crippen molar-refractivity contribution >= 4 is 21.4 Å². The lowest BCUT2D eigenvalue weighted by Gasteiger charge is -2.14. The van der Waals surface area contributed by atoms with Gasteiger partial charge in [0.2, 0.25) is 10.0 Å². The molecule has 0 saturated carbocycles. The first-order valence-electron chi connectivity index (χ1n) is 4.86. The second kappa shape index (κ2) is 4.55. The SMILES string of the molecule is Cc1nc(CN(C)S(=O)(=O)c2cn[nH]c2)cs1. The zero-order valence-electron chi connectivity index (χ0n) is 9.41. The average Bonchev–Trinajstić information content (AvgIpc) is 2.89. The molecule has 92 valence electrons. The summed E-state index contributed by atoms with van der Waals surface area (Å²) >= 11 is 1.50. The summed E-state index contributed by atoms with van der Waals surface area (Å²) in [5.41, 5.74) is 0.752. The van der Waals surface area contributed by atoms with Gasteiger partial charge in [-0.3, -0.25) is 5.10 Å². The number of nitrogens with zero attached hydrogens (tertiary/aromatic N) is 3. The van der Waals surface area contributed by atoms with Crippen molar-refractivity contribution in [2.75, 3.05) is 7.05 Å². The van der Waals surface area contributed by atoms with Gasteiger partial charge in [-0.15, -0.1) is 11.3 Å². The fraction of sp³-hybridized carbons (Fsp3) is 0.333. The third kappa shape index (κ3) is 2.54. The molecule has 17 heavy (non-hydrogen) atoms. The molecule has 6 nitrogen and oxygen atoms in total. The Hall–Kier alpha value is -1.25. The molecule has 1 N–H and O–H groups in total. The van der Waals surface area contributed by atoms with Gasteiger partial charge >= 0.3 is 0 Å². The Morgan fingerprint density at radius 2 is 2.29 bits per heavy atom. The van der Waals surface area contributed by atoms with Crippen LogP contribution in [-0.2, 0) is 16.6 Å². The summed E-state index contributed by atoms with van der Waals surface area (Å²) in [7, 11) is -1.96. The zero-order valence-corrected chi connectivity index (χ0v) is 11.0. The molecular weight excluding hydrogens is 260 g/mol. The van der Waals surface area contributed by atoms with Crippen LogP contribution in [0, 0.1) is 6.92 Å². The lowest BCUT2D eigenvalue weighted by molar-refractivity contribution is 0.463. The Balaban J connectivity index is 2.18. The molecule has 0 aromatic carbocycles. The molecule has 0 spiro atoms. The van der Waals surface area contributed by atoms with Gasteiger partial charge in [-0.05, 0) is 6.92 Å². The number of sulfonamides is 1. The van der Waals surface area contributed by atoms with E-state index in [2.05, 4.69) is 15.2 Å². The first-order chi connectivity index (χ1) is 8.00. The molecule has 0 saturated heterocycles. The largest absolute Gasteiger partial charge is 0.284 e. The van der Waals surface area contributed by atoms with Crippen LogP contribution < -0.4 is 0 Å². The number of hydrogen-bond acceptors (Lipinski definition) is 5. The van der Waals surface area contributed by atoms with Crippen molar-refractivity contribution in [3.8, 4) is 0 Å². The molecule has 2 heterocycles. The smallest absolute Gasteiger partial charge is 0.246 e. The van der Waals surface area contributed by atoms with E-state index in [0.29, 0.717) is 0 Å². The van der Waals surface area contributed by atoms with Gasteiger partial charge in [0.25, 0.3) is 0 Å². The van der Waals surface area contributed by atoms with Crippen LogP contribution in [0.3, 0.4) is 0 Å². The van der Waals surface area contributed by atoms with E-state index in [-0.39, 0.29) is 11.4 Å². The van der Waals surface area contributed by atoms with Crippen molar-refractivity contribution in [2.45, 2.75) is 18.4 Å². The highest BCUT2D eigenvalue weighted by Gasteiger charge is 2.22. The van der Waals surface area contributed by atoms with Gasteiger partial charge < -0.3 is 0 Å². The maximum absolute atomic E-state index is 12.0. The van der Waals surface area contributed by atoms with Crippen molar-refractivity contribution in [1.82, 2.24) is 19.5 Å². The minimum absolute atomic E-state index is 0.159. The number of rotatable bonds is 4. The number of nitrogens with one attached hydrogen (secondary N) is 1. The van der Waals surface area contributed by atoms with E-state index in [1.165, 1.54) is 35.1 Å². The predicted molar refractivity (Wildman–Crippen MR) is 64.1 cm³/mol. The van der Waals surface area contributed by atoms with Gasteiger partial charge in [0, 0.05) is 18.6 Å². The fourth-order valence-electron chi connectivity index (χ4n) is 1.35. The second-order valence-corrected chi connectivity index (χ2v) is 6.66. The average molecular weight is 272 g/mol. The summed E-state index contributed by atoms with van der Waals surface area (Å²) < 4.78 is 25.3. The molecule has 2 rings (SSSR count). The van der Waals surface area contributed by atoms with Gasteiger partial charge in [0.15, 0.2) is 0 Å². The van der Waals surface area contributed by atoms with E-state index in [4.69, 9.17) is 0 Å². The number of aryl methyl sites for hydroxylation is 1. The number of H-pyrrole nitrogens is 1. The normalized spacial score (nSPS) is 12.2. The number of aromatic amines is 1. The molecule has 0 aliphatic heterocycles. The first kappa shape index (κ1) is 12.2. The van der Waals surface area contributed by atoms with E-state index in [9.17, 15) is 8.42 Å². The molecule has 0 amide bonds. The maximum Gasteiger partial charge on any atom is 0.246 e. The minimum atomic E-state index is -3.48. The molecule has 2 aromatic heterocycles. The quantitative estimate of drug-likeness (QED) is 0.900. The zero-order chi connectivity index (χ0) is 12.5. The Morgan fingerprint density at radius 1 is 1.53 bits per heavy atom. The third-order valence-electron chi connectivity index (χ3n) is 2.23. The molecule has 0 atom stereocenters. The van der Waals surface area contributed by atoms with Crippen LogP contribution in [0.4, 0.5) is 0 Å². The second-order valence-electron chi connectivity index (χ2n) is 3.55. The standard InChI is InChI=1S/C9H12N4O2S2/c1-7-12-8(6-16-7)5-13(2)17(14,15)9-3-10-11-4-9/h3-4,6H,5H2,1-2H3,(H,10,11). The van der Waals surface area contributed by atoms with Crippen molar-refractivity contribution in [3.05, 3.63) is 28.5 Å². The van der Waals surface area contributed by atoms with E-state index in [1.54, 1.807) is 0 Å². The van der Waals surface area contributed by atoms with E-state index < -0.39 is 10.0 Å². The van der Waals surface area contributed by atoms with Gasteiger partial charge in [0.05, 0.1) is 23.4 Å². The van der Waals surface area contributed by atoms with Crippen molar-refractivity contribution in [1.29, 1.82) is 0 Å². The minimum Gasteiger partial charge on any atom is -0.284 e. The Kier molecular flexibility index (Phi) is 3.27. The van der Waals surface area contributed by atoms with Gasteiger partial charge in [-0.2, -0.15) is 9.40 Å². The van der Waals surface area contributed by atoms with Gasteiger partial charge in [0.1, 0.15) is 4.90 Å². The predicted octanol–water partition coefficient (Wildman–Crippen LogP) is 0.995. The molecule has 0 unspecified atom stereocenters. The summed E-state index contributed by atoms with van der Waals surface area (Å²) in [5.74, 6) is 0. The lowest BCUT2D eigenvalue weighted by Crippen LogP contribution is -2.26. The monoisotopic (exact) mass is 272 g/mol. The fourth-order valence-corrected chi connectivity index (χ4v) is 3.01. The van der Waals surface area contributed by atoms with Crippen LogP contribution in [0.25, 0.3) is 0 Å². The molecule has 0 bridgehead atoms. The van der Waals surface area contributed by atoms with Crippen LogP contribution in [-0.4, -0.2) is 35.0 Å². The Morgan fingerprint density at radius 3 is 2.82 bits per heavy atom. The highest BCUT2D eigenvalue weighted by atomic mass is 32.2. The summed E-state index contributed by atoms with van der Waals surface area (Å²) in [5, 5.41) is 8.91. The van der Waals surface area contributed by atoms with Crippen LogP contribution in [0.5, 0.6) is 0 Å². The van der Waals surface area contributed by atoms with E-state index in [1.807, 2.05) is 12.3 Å². The lowest BCUT2D eigenvalue weighted by atomic mass is 10.5. The van der Waals surface area contributed by atoms with Crippen LogP contribution in [0.15, 0.2) is 22.7 Å². The molecule has 0 radical (unpaired) electrons. The van der Waals surface area contributed by atoms with Crippen LogP contribution in [0.2, 0.25) is 0 Å². The van der Waals surface area contributed by atoms with Crippen LogP contribution in [0.1, 0.15) is 10.7 Å². The number of hydrogen-bond donors (Lipinski definition) is 1. The molecule has 0 fully saturated rings. The summed E-state index contributed by atoms with van der Waals surface area (Å²) in [6.07, 6.45) is 2.65. The van der Waals surface area contributed by atoms with E-state index in [0.717, 1.165) is 10.7 Å². The topological polar surface area (TPSA) is 79.0 Å². The van der Waals surface area contributed by atoms with Crippen molar-refractivity contribution < 1.29 is 8.42 Å². The molecule has 0 aliphatic rings. The van der Waals surface area contributed by atoms with Gasteiger partial charge in [-0.25, -0.2) is 13.4 Å². The first-order valence-corrected chi connectivity index (χ1v) is 7.18. The summed E-state index contributed by atoms with van der Waals surface area (Å²) in [6.45, 7) is 2.15. The number of thiazole rings is 1. The number of aromatic nitrogens is 3. The van der Waals surface area contributed by atoms with E-state index >= 15 is 0 Å². The van der Waals surface area contributed by atoms with Crippen LogP contribution >= 0.6 is 11.3 Å². The molecular formula is C9H12N4O2S2. The maximum atomic E-state index is 12.0. The summed E-state index contributed by atoms with van der Waals surface area (Å²) in [4.78, 5) is 4.39. The molecule has 2 aromatic rings. The Bertz CT molecular complexity index is 588. The highest BCUT2D eigenvalue weighted by Crippen LogP contribution is 2.16. The van der Waals surface area contributed by atoms with Gasteiger partial charge in [-0.1, -0.05) is 0 Å². The van der Waals surface area contributed by atoms with Crippen molar-refractivity contribution in [3.63, 3.8) is 0 Å². The molecule has 8 heteroatoms. The molecule has 0 aliphatic carbocycles. The third-order valence-corrected chi connectivity index (χ3v) is 4.82. The Labute approximate surface area is 103 Å². The van der Waals surface area contributed by atoms with Crippen molar-refractivity contribution in [2.24, 2.45) is 0 Å². The highest BCUT2D eigenvalue weighted by molar-refractivity contribution is 7.89.